The summed E-state index contributed by atoms with van der Waals surface area (Å²) in [4.78, 5) is 5.04. The number of halogens is 1. The van der Waals surface area contributed by atoms with Crippen LogP contribution in [0.1, 0.15) is 57.0 Å². The third kappa shape index (κ3) is 3.57. The predicted molar refractivity (Wildman–Crippen MR) is 119 cm³/mol. The van der Waals surface area contributed by atoms with Gasteiger partial charge < -0.3 is 10.1 Å². The third-order valence-corrected chi connectivity index (χ3v) is 6.12. The van der Waals surface area contributed by atoms with Crippen LogP contribution >= 0.6 is 11.6 Å². The quantitative estimate of drug-likeness (QED) is 0.529. The molecule has 1 aliphatic rings. The van der Waals surface area contributed by atoms with Crippen molar-refractivity contribution in [2.24, 2.45) is 0 Å². The van der Waals surface area contributed by atoms with Crippen LogP contribution in [-0.2, 0) is 12.8 Å². The summed E-state index contributed by atoms with van der Waals surface area (Å²) in [6, 6.07) is 6.28. The monoisotopic (exact) mass is 412 g/mol. The van der Waals surface area contributed by atoms with Crippen LogP contribution in [0, 0.1) is 6.92 Å². The Hall–Kier alpha value is -2.27. The standard InChI is InChI=1S/C23H29ClN4O/c1-5-15(6-2)25-22-18-9-8-10-20(18)26-23-21(14(4)27-28(22)23)17-12-11-16(29-7-3)13-19(17)24/h11-13,15,25H,5-10H2,1-4H3. The van der Waals surface area contributed by atoms with Crippen molar-refractivity contribution in [3.63, 3.8) is 0 Å². The molecule has 4 rings (SSSR count). The minimum atomic E-state index is 0.423. The first-order valence-electron chi connectivity index (χ1n) is 10.7. The lowest BCUT2D eigenvalue weighted by atomic mass is 10.1. The Kier molecular flexibility index (Phi) is 5.68. The number of fused-ring (bicyclic) bond motifs is 2. The van der Waals surface area contributed by atoms with Gasteiger partial charge in [0.15, 0.2) is 5.65 Å². The third-order valence-electron chi connectivity index (χ3n) is 5.81. The molecule has 0 saturated heterocycles. The molecule has 1 aliphatic carbocycles. The lowest BCUT2D eigenvalue weighted by Gasteiger charge is -2.19. The number of ether oxygens (including phenoxy) is 1. The molecule has 0 fully saturated rings. The number of aryl methyl sites for hydroxylation is 2. The van der Waals surface area contributed by atoms with Gasteiger partial charge in [-0.3, -0.25) is 0 Å². The Balaban J connectivity index is 1.90. The maximum absolute atomic E-state index is 6.65. The van der Waals surface area contributed by atoms with E-state index in [4.69, 9.17) is 26.4 Å². The van der Waals surface area contributed by atoms with Gasteiger partial charge in [0.1, 0.15) is 11.6 Å². The van der Waals surface area contributed by atoms with Crippen LogP contribution in [0.4, 0.5) is 5.82 Å². The van der Waals surface area contributed by atoms with Crippen LogP contribution < -0.4 is 10.1 Å². The van der Waals surface area contributed by atoms with Gasteiger partial charge in [0, 0.05) is 22.9 Å². The van der Waals surface area contributed by atoms with E-state index >= 15 is 0 Å². The van der Waals surface area contributed by atoms with Crippen LogP contribution in [-0.4, -0.2) is 27.2 Å². The highest BCUT2D eigenvalue weighted by molar-refractivity contribution is 6.33. The van der Waals surface area contributed by atoms with Gasteiger partial charge in [-0.1, -0.05) is 25.4 Å². The molecule has 154 valence electrons. The first-order valence-corrected chi connectivity index (χ1v) is 11.0. The molecule has 1 aromatic carbocycles. The molecule has 0 radical (unpaired) electrons. The van der Waals surface area contributed by atoms with Crippen molar-refractivity contribution in [1.82, 2.24) is 14.6 Å². The van der Waals surface area contributed by atoms with Crippen LogP contribution in [0.5, 0.6) is 5.75 Å². The van der Waals surface area contributed by atoms with Crippen LogP contribution in [0.2, 0.25) is 5.02 Å². The number of nitrogens with one attached hydrogen (secondary N) is 1. The SMILES string of the molecule is CCOc1ccc(-c2c(C)nn3c(NC(CC)CC)c4c(nc23)CCC4)c(Cl)c1. The van der Waals surface area contributed by atoms with E-state index in [-0.39, 0.29) is 0 Å². The number of benzene rings is 1. The van der Waals surface area contributed by atoms with Gasteiger partial charge in [-0.05, 0) is 64.2 Å². The Morgan fingerprint density at radius 1 is 1.21 bits per heavy atom. The molecular weight excluding hydrogens is 384 g/mol. The molecule has 2 aromatic heterocycles. The number of hydrogen-bond donors (Lipinski definition) is 1. The minimum absolute atomic E-state index is 0.423. The zero-order valence-electron chi connectivity index (χ0n) is 17.7. The molecule has 0 saturated carbocycles. The van der Waals surface area contributed by atoms with E-state index in [0.29, 0.717) is 17.7 Å². The van der Waals surface area contributed by atoms with Crippen LogP contribution in [0.25, 0.3) is 16.8 Å². The maximum atomic E-state index is 6.65. The summed E-state index contributed by atoms with van der Waals surface area (Å²) >= 11 is 6.65. The Labute approximate surface area is 177 Å². The lowest BCUT2D eigenvalue weighted by molar-refractivity contribution is 0.340. The van der Waals surface area contributed by atoms with Crippen LogP contribution in [0.15, 0.2) is 18.2 Å². The van der Waals surface area contributed by atoms with Gasteiger partial charge in [0.25, 0.3) is 0 Å². The first kappa shape index (κ1) is 20.0. The molecule has 29 heavy (non-hydrogen) atoms. The second kappa shape index (κ2) is 8.23. The number of aromatic nitrogens is 3. The van der Waals surface area contributed by atoms with Gasteiger partial charge in [-0.2, -0.15) is 9.61 Å². The predicted octanol–water partition coefficient (Wildman–Crippen LogP) is 5.85. The molecule has 0 atom stereocenters. The van der Waals surface area contributed by atoms with E-state index in [1.54, 1.807) is 0 Å². The van der Waals surface area contributed by atoms with Gasteiger partial charge >= 0.3 is 0 Å². The summed E-state index contributed by atoms with van der Waals surface area (Å²) in [5.41, 5.74) is 6.26. The summed E-state index contributed by atoms with van der Waals surface area (Å²) in [5.74, 6) is 1.88. The average Bonchev–Trinajstić information content (AvgIpc) is 3.30. The van der Waals surface area contributed by atoms with E-state index in [9.17, 15) is 0 Å². The van der Waals surface area contributed by atoms with E-state index < -0.39 is 0 Å². The molecule has 0 spiro atoms. The molecule has 5 nitrogen and oxygen atoms in total. The Morgan fingerprint density at radius 3 is 2.69 bits per heavy atom. The first-order chi connectivity index (χ1) is 14.1. The van der Waals surface area contributed by atoms with Crippen molar-refractivity contribution in [2.45, 2.75) is 65.8 Å². The number of nitrogens with zero attached hydrogens (tertiary/aromatic N) is 3. The van der Waals surface area contributed by atoms with E-state index in [2.05, 4.69) is 19.2 Å². The highest BCUT2D eigenvalue weighted by Crippen LogP contribution is 2.38. The molecule has 0 amide bonds. The van der Waals surface area contributed by atoms with Crippen LogP contribution in [0.3, 0.4) is 0 Å². The second-order valence-electron chi connectivity index (χ2n) is 7.67. The molecule has 0 bridgehead atoms. The number of hydrogen-bond acceptors (Lipinski definition) is 4. The topological polar surface area (TPSA) is 51.5 Å². The van der Waals surface area contributed by atoms with Crippen molar-refractivity contribution in [2.75, 3.05) is 11.9 Å². The summed E-state index contributed by atoms with van der Waals surface area (Å²) in [6.45, 7) is 9.06. The van der Waals surface area contributed by atoms with Crippen molar-refractivity contribution >= 4 is 23.1 Å². The Morgan fingerprint density at radius 2 is 2.00 bits per heavy atom. The molecule has 6 heteroatoms. The summed E-state index contributed by atoms with van der Waals surface area (Å²) < 4.78 is 7.59. The molecule has 2 heterocycles. The maximum Gasteiger partial charge on any atom is 0.165 e. The smallest absolute Gasteiger partial charge is 0.165 e. The zero-order valence-corrected chi connectivity index (χ0v) is 18.4. The summed E-state index contributed by atoms with van der Waals surface area (Å²) in [7, 11) is 0. The highest BCUT2D eigenvalue weighted by atomic mass is 35.5. The normalized spacial score (nSPS) is 13.3. The van der Waals surface area contributed by atoms with E-state index in [0.717, 1.165) is 66.1 Å². The average molecular weight is 413 g/mol. The Bertz CT molecular complexity index is 1040. The van der Waals surface area contributed by atoms with E-state index in [1.807, 2.05) is 36.6 Å². The molecule has 0 unspecified atom stereocenters. The molecule has 1 N–H and O–H groups in total. The summed E-state index contributed by atoms with van der Waals surface area (Å²) in [5, 5.41) is 9.31. The van der Waals surface area contributed by atoms with Crippen molar-refractivity contribution in [3.05, 3.63) is 40.2 Å². The fourth-order valence-corrected chi connectivity index (χ4v) is 4.51. The van der Waals surface area contributed by atoms with Gasteiger partial charge in [-0.25, -0.2) is 4.98 Å². The fourth-order valence-electron chi connectivity index (χ4n) is 4.24. The molecule has 3 aromatic rings. The second-order valence-corrected chi connectivity index (χ2v) is 8.07. The minimum Gasteiger partial charge on any atom is -0.494 e. The summed E-state index contributed by atoms with van der Waals surface area (Å²) in [6.07, 6.45) is 5.37. The van der Waals surface area contributed by atoms with Crippen molar-refractivity contribution < 1.29 is 4.74 Å². The number of anilines is 1. The zero-order chi connectivity index (χ0) is 20.5. The van der Waals surface area contributed by atoms with E-state index in [1.165, 1.54) is 11.3 Å². The fraction of sp³-hybridized carbons (Fsp3) is 0.478. The van der Waals surface area contributed by atoms with Gasteiger partial charge in [0.2, 0.25) is 0 Å². The number of rotatable bonds is 7. The molecular formula is C23H29ClN4O. The van der Waals surface area contributed by atoms with Gasteiger partial charge in [0.05, 0.1) is 22.9 Å². The molecule has 0 aliphatic heterocycles. The highest BCUT2D eigenvalue weighted by Gasteiger charge is 2.25. The van der Waals surface area contributed by atoms with Gasteiger partial charge in [-0.15, -0.1) is 0 Å². The van der Waals surface area contributed by atoms with Crippen molar-refractivity contribution in [1.29, 1.82) is 0 Å². The lowest BCUT2D eigenvalue weighted by Crippen LogP contribution is -2.21. The largest absolute Gasteiger partial charge is 0.494 e. The van der Waals surface area contributed by atoms with Crippen molar-refractivity contribution in [3.8, 4) is 16.9 Å².